The Morgan fingerprint density at radius 2 is 1.69 bits per heavy atom. The van der Waals surface area contributed by atoms with Gasteiger partial charge in [0.05, 0.1) is 5.92 Å². The maximum atomic E-state index is 12.9. The fraction of sp³-hybridized carbons (Fsp3) is 0.619. The van der Waals surface area contributed by atoms with Gasteiger partial charge in [-0.3, -0.25) is 14.5 Å². The van der Waals surface area contributed by atoms with Gasteiger partial charge >= 0.3 is 0 Å². The molecule has 3 aliphatic rings. The van der Waals surface area contributed by atoms with Crippen LogP contribution in [0.3, 0.4) is 0 Å². The van der Waals surface area contributed by atoms with Crippen molar-refractivity contribution < 1.29 is 9.59 Å². The van der Waals surface area contributed by atoms with Gasteiger partial charge in [-0.15, -0.1) is 0 Å². The van der Waals surface area contributed by atoms with Crippen LogP contribution in [0.15, 0.2) is 30.3 Å². The Morgan fingerprint density at radius 3 is 2.38 bits per heavy atom. The number of likely N-dealkylation sites (tertiary alicyclic amines) is 1. The molecule has 5 heteroatoms. The van der Waals surface area contributed by atoms with Gasteiger partial charge in [-0.1, -0.05) is 43.2 Å². The fourth-order valence-corrected chi connectivity index (χ4v) is 4.69. The van der Waals surface area contributed by atoms with Crippen molar-refractivity contribution in [2.75, 3.05) is 32.7 Å². The molecule has 1 aromatic carbocycles. The van der Waals surface area contributed by atoms with E-state index >= 15 is 0 Å². The third-order valence-corrected chi connectivity index (χ3v) is 6.21. The summed E-state index contributed by atoms with van der Waals surface area (Å²) in [6.07, 6.45) is 5.09. The van der Waals surface area contributed by atoms with Crippen LogP contribution in [0.5, 0.6) is 0 Å². The number of carbonyl (C=O) groups is 2. The molecule has 0 radical (unpaired) electrons. The van der Waals surface area contributed by atoms with Crippen molar-refractivity contribution in [2.24, 2.45) is 5.92 Å². The Kier molecular flexibility index (Phi) is 5.25. The van der Waals surface area contributed by atoms with Crippen LogP contribution in [0.25, 0.3) is 0 Å². The predicted molar refractivity (Wildman–Crippen MR) is 100 cm³/mol. The molecule has 2 amide bonds. The van der Waals surface area contributed by atoms with E-state index in [4.69, 9.17) is 0 Å². The van der Waals surface area contributed by atoms with Crippen molar-refractivity contribution in [2.45, 2.75) is 44.7 Å². The summed E-state index contributed by atoms with van der Waals surface area (Å²) in [5.74, 6) is 0.264. The number of amides is 2. The third-order valence-electron chi connectivity index (χ3n) is 6.21. The first-order chi connectivity index (χ1) is 12.7. The average molecular weight is 355 g/mol. The minimum Gasteiger partial charge on any atom is -0.340 e. The van der Waals surface area contributed by atoms with E-state index in [0.717, 1.165) is 45.6 Å². The molecule has 0 aromatic heterocycles. The summed E-state index contributed by atoms with van der Waals surface area (Å²) in [4.78, 5) is 31.7. The lowest BCUT2D eigenvalue weighted by atomic mass is 10.1. The molecule has 2 saturated heterocycles. The summed E-state index contributed by atoms with van der Waals surface area (Å²) in [6.45, 7) is 4.97. The van der Waals surface area contributed by atoms with Crippen LogP contribution >= 0.6 is 0 Å². The first-order valence-corrected chi connectivity index (χ1v) is 10.1. The van der Waals surface area contributed by atoms with Crippen molar-refractivity contribution >= 4 is 11.8 Å². The maximum Gasteiger partial charge on any atom is 0.228 e. The molecule has 26 heavy (non-hydrogen) atoms. The minimum absolute atomic E-state index is 0.122. The Bertz CT molecular complexity index is 634. The molecule has 0 unspecified atom stereocenters. The van der Waals surface area contributed by atoms with Crippen LogP contribution in [0, 0.1) is 5.92 Å². The van der Waals surface area contributed by atoms with E-state index < -0.39 is 0 Å². The van der Waals surface area contributed by atoms with E-state index in [9.17, 15) is 9.59 Å². The summed E-state index contributed by atoms with van der Waals surface area (Å²) < 4.78 is 0. The SMILES string of the molecule is O=C([C@@H]1CC(=O)N(C2CCCC2)C1)N1CCN(Cc2ccccc2)CC1. The summed E-state index contributed by atoms with van der Waals surface area (Å²) in [5.41, 5.74) is 1.32. The van der Waals surface area contributed by atoms with Crippen LogP contribution in [-0.4, -0.2) is 65.3 Å². The Morgan fingerprint density at radius 1 is 1.00 bits per heavy atom. The number of hydrogen-bond donors (Lipinski definition) is 0. The van der Waals surface area contributed by atoms with Crippen LogP contribution in [-0.2, 0) is 16.1 Å². The molecule has 2 aliphatic heterocycles. The molecule has 2 heterocycles. The molecule has 1 saturated carbocycles. The lowest BCUT2D eigenvalue weighted by Crippen LogP contribution is -2.50. The first-order valence-electron chi connectivity index (χ1n) is 10.1. The lowest BCUT2D eigenvalue weighted by molar-refractivity contribution is -0.137. The Hall–Kier alpha value is -1.88. The zero-order chi connectivity index (χ0) is 17.9. The smallest absolute Gasteiger partial charge is 0.228 e. The molecular weight excluding hydrogens is 326 g/mol. The second-order valence-electron chi connectivity index (χ2n) is 7.97. The molecule has 4 rings (SSSR count). The average Bonchev–Trinajstić information content (AvgIpc) is 3.32. The van der Waals surface area contributed by atoms with Crippen LogP contribution in [0.4, 0.5) is 0 Å². The van der Waals surface area contributed by atoms with E-state index in [1.54, 1.807) is 0 Å². The van der Waals surface area contributed by atoms with Crippen molar-refractivity contribution in [1.82, 2.24) is 14.7 Å². The Labute approximate surface area is 155 Å². The quantitative estimate of drug-likeness (QED) is 0.831. The fourth-order valence-electron chi connectivity index (χ4n) is 4.69. The van der Waals surface area contributed by atoms with Gasteiger partial charge in [-0.05, 0) is 18.4 Å². The molecule has 0 N–H and O–H groups in total. The molecule has 1 atom stereocenters. The van der Waals surface area contributed by atoms with E-state index in [1.165, 1.54) is 18.4 Å². The van der Waals surface area contributed by atoms with Crippen LogP contribution in [0.2, 0.25) is 0 Å². The van der Waals surface area contributed by atoms with E-state index in [1.807, 2.05) is 15.9 Å². The van der Waals surface area contributed by atoms with Crippen molar-refractivity contribution in [3.05, 3.63) is 35.9 Å². The molecule has 140 valence electrons. The zero-order valence-corrected chi connectivity index (χ0v) is 15.5. The van der Waals surface area contributed by atoms with Crippen LogP contribution < -0.4 is 0 Å². The minimum atomic E-state index is -0.122. The molecule has 5 nitrogen and oxygen atoms in total. The summed E-state index contributed by atoms with van der Waals surface area (Å²) >= 11 is 0. The summed E-state index contributed by atoms with van der Waals surface area (Å²) in [5, 5.41) is 0. The molecular formula is C21H29N3O2. The number of carbonyl (C=O) groups excluding carboxylic acids is 2. The topological polar surface area (TPSA) is 43.9 Å². The second kappa shape index (κ2) is 7.78. The summed E-state index contributed by atoms with van der Waals surface area (Å²) in [7, 11) is 0. The van der Waals surface area contributed by atoms with Gasteiger partial charge in [-0.2, -0.15) is 0 Å². The van der Waals surface area contributed by atoms with Crippen molar-refractivity contribution in [1.29, 1.82) is 0 Å². The van der Waals surface area contributed by atoms with Gasteiger partial charge in [0.2, 0.25) is 11.8 Å². The van der Waals surface area contributed by atoms with Gasteiger partial charge < -0.3 is 9.80 Å². The highest BCUT2D eigenvalue weighted by Gasteiger charge is 2.40. The standard InChI is InChI=1S/C21H29N3O2/c25-20-14-18(16-24(20)19-8-4-5-9-19)21(26)23-12-10-22(11-13-23)15-17-6-2-1-3-7-17/h1-3,6-7,18-19H,4-5,8-16H2/t18-/m1/s1. The van der Waals surface area contributed by atoms with E-state index in [0.29, 0.717) is 19.0 Å². The van der Waals surface area contributed by atoms with Crippen molar-refractivity contribution in [3.8, 4) is 0 Å². The van der Waals surface area contributed by atoms with Gasteiger partial charge in [-0.25, -0.2) is 0 Å². The zero-order valence-electron chi connectivity index (χ0n) is 15.5. The van der Waals surface area contributed by atoms with E-state index in [-0.39, 0.29) is 17.7 Å². The van der Waals surface area contributed by atoms with Gasteiger partial charge in [0.1, 0.15) is 0 Å². The molecule has 1 aliphatic carbocycles. The lowest BCUT2D eigenvalue weighted by Gasteiger charge is -2.36. The molecule has 1 aromatic rings. The number of rotatable bonds is 4. The second-order valence-corrected chi connectivity index (χ2v) is 7.97. The highest BCUT2D eigenvalue weighted by molar-refractivity contribution is 5.89. The first kappa shape index (κ1) is 17.5. The van der Waals surface area contributed by atoms with Gasteiger partial charge in [0.25, 0.3) is 0 Å². The Balaban J connectivity index is 1.28. The maximum absolute atomic E-state index is 12.9. The number of piperazine rings is 1. The van der Waals surface area contributed by atoms with Crippen LogP contribution in [0.1, 0.15) is 37.7 Å². The normalized spacial score (nSPS) is 25.2. The number of benzene rings is 1. The number of hydrogen-bond acceptors (Lipinski definition) is 3. The van der Waals surface area contributed by atoms with E-state index in [2.05, 4.69) is 29.2 Å². The van der Waals surface area contributed by atoms with Gasteiger partial charge in [0.15, 0.2) is 0 Å². The molecule has 0 spiro atoms. The third kappa shape index (κ3) is 3.78. The highest BCUT2D eigenvalue weighted by Crippen LogP contribution is 2.30. The number of nitrogens with zero attached hydrogens (tertiary/aromatic N) is 3. The molecule has 3 fully saturated rings. The monoisotopic (exact) mass is 355 g/mol. The predicted octanol–water partition coefficient (Wildman–Crippen LogP) is 2.12. The van der Waals surface area contributed by atoms with Crippen molar-refractivity contribution in [3.63, 3.8) is 0 Å². The highest BCUT2D eigenvalue weighted by atomic mass is 16.2. The largest absolute Gasteiger partial charge is 0.340 e. The summed E-state index contributed by atoms with van der Waals surface area (Å²) in [6, 6.07) is 10.9. The molecule has 0 bridgehead atoms. The van der Waals surface area contributed by atoms with Gasteiger partial charge in [0, 0.05) is 51.7 Å².